The number of esters is 2. The first-order chi connectivity index (χ1) is 18.4. The molecule has 0 saturated heterocycles. The van der Waals surface area contributed by atoms with Gasteiger partial charge in [-0.3, -0.25) is 0 Å². The molecule has 0 saturated carbocycles. The van der Waals surface area contributed by atoms with E-state index in [0.29, 0.717) is 37.1 Å². The van der Waals surface area contributed by atoms with Crippen LogP contribution in [0.4, 0.5) is 26.3 Å². The Morgan fingerprint density at radius 3 is 1.33 bits per heavy atom. The van der Waals surface area contributed by atoms with Crippen molar-refractivity contribution in [3.63, 3.8) is 0 Å². The Labute approximate surface area is 224 Å². The lowest BCUT2D eigenvalue weighted by molar-refractivity contribution is -0.288. The van der Waals surface area contributed by atoms with Gasteiger partial charge in [-0.15, -0.1) is 0 Å². The second-order valence-electron chi connectivity index (χ2n) is 9.30. The molecule has 2 aromatic carbocycles. The predicted octanol–water partition coefficient (Wildman–Crippen LogP) is 8.57. The molecule has 2 aromatic rings. The van der Waals surface area contributed by atoms with Gasteiger partial charge in [0.25, 0.3) is 0 Å². The number of hydrogen-bond acceptors (Lipinski definition) is 4. The Morgan fingerprint density at radius 2 is 1.00 bits per heavy atom. The van der Waals surface area contributed by atoms with Crippen LogP contribution in [0.25, 0.3) is 0 Å². The fraction of sp³-hybridized carbons (Fsp3) is 0.517. The van der Waals surface area contributed by atoms with E-state index in [1.54, 1.807) is 0 Å². The van der Waals surface area contributed by atoms with Crippen LogP contribution in [0.3, 0.4) is 0 Å². The fourth-order valence-electron chi connectivity index (χ4n) is 4.29. The highest BCUT2D eigenvalue weighted by atomic mass is 19.4. The number of ether oxygens (including phenoxy) is 2. The van der Waals surface area contributed by atoms with E-state index in [9.17, 15) is 35.9 Å². The topological polar surface area (TPSA) is 52.6 Å². The van der Waals surface area contributed by atoms with Crippen molar-refractivity contribution >= 4 is 11.9 Å². The number of alkyl halides is 6. The van der Waals surface area contributed by atoms with E-state index >= 15 is 0 Å². The van der Waals surface area contributed by atoms with Crippen molar-refractivity contribution in [2.45, 2.75) is 83.0 Å². The summed E-state index contributed by atoms with van der Waals surface area (Å²) in [5.41, 5.74) is -7.83. The van der Waals surface area contributed by atoms with Crippen LogP contribution in [-0.4, -0.2) is 37.5 Å². The Kier molecular flexibility index (Phi) is 11.9. The van der Waals surface area contributed by atoms with E-state index in [1.807, 2.05) is 13.8 Å². The van der Waals surface area contributed by atoms with E-state index in [0.717, 1.165) is 62.8 Å². The maximum absolute atomic E-state index is 14.6. The van der Waals surface area contributed by atoms with Gasteiger partial charge in [-0.1, -0.05) is 76.6 Å². The molecule has 216 valence electrons. The Hall–Kier alpha value is -3.04. The first kappa shape index (κ1) is 32.2. The third-order valence-corrected chi connectivity index (χ3v) is 6.38. The van der Waals surface area contributed by atoms with Gasteiger partial charge in [0.15, 0.2) is 0 Å². The van der Waals surface area contributed by atoms with Crippen LogP contribution in [-0.2, 0) is 14.9 Å². The average Bonchev–Trinajstić information content (AvgIpc) is 2.87. The molecule has 0 unspecified atom stereocenters. The molecule has 0 aliphatic rings. The third kappa shape index (κ3) is 7.99. The van der Waals surface area contributed by atoms with E-state index in [2.05, 4.69) is 0 Å². The summed E-state index contributed by atoms with van der Waals surface area (Å²) in [6.45, 7) is 3.96. The first-order valence-corrected chi connectivity index (χ1v) is 13.1. The number of rotatable bonds is 14. The molecule has 10 heteroatoms. The second kappa shape index (κ2) is 14.4. The fourth-order valence-corrected chi connectivity index (χ4v) is 4.29. The minimum Gasteiger partial charge on any atom is -0.462 e. The van der Waals surface area contributed by atoms with Gasteiger partial charge in [-0.25, -0.2) is 9.59 Å². The van der Waals surface area contributed by atoms with E-state index in [4.69, 9.17) is 9.47 Å². The first-order valence-electron chi connectivity index (χ1n) is 13.1. The SMILES string of the molecule is CCCCCCOC(=O)c1cccc(C(c2cccc(C(=O)OCCCCCC)c2)(C(F)(F)F)C(F)(F)F)c1. The number of hydrogen-bond donors (Lipinski definition) is 0. The molecule has 39 heavy (non-hydrogen) atoms. The summed E-state index contributed by atoms with van der Waals surface area (Å²) in [4.78, 5) is 24.9. The van der Waals surface area contributed by atoms with Crippen molar-refractivity contribution in [2.24, 2.45) is 0 Å². The summed E-state index contributed by atoms with van der Waals surface area (Å²) in [6.07, 6.45) is -5.50. The smallest absolute Gasteiger partial charge is 0.411 e. The van der Waals surface area contributed by atoms with Crippen LogP contribution in [0, 0.1) is 0 Å². The molecule has 0 bridgehead atoms. The van der Waals surface area contributed by atoms with Gasteiger partial charge >= 0.3 is 24.3 Å². The van der Waals surface area contributed by atoms with Gasteiger partial charge in [0.1, 0.15) is 0 Å². The molecular formula is C29H34F6O4. The standard InChI is InChI=1S/C29H34F6O4/c1-3-5-7-9-17-38-25(36)21-13-11-15-23(19-21)27(28(30,31)32,29(33,34)35)24-16-12-14-22(20-24)26(37)39-18-10-8-6-4-2/h11-16,19-20H,3-10,17-18H2,1-2H3. The van der Waals surface area contributed by atoms with Crippen molar-refractivity contribution in [1.82, 2.24) is 0 Å². The van der Waals surface area contributed by atoms with Gasteiger partial charge in [0.2, 0.25) is 5.41 Å². The zero-order chi connectivity index (χ0) is 29.1. The highest BCUT2D eigenvalue weighted by Gasteiger charge is 2.72. The van der Waals surface area contributed by atoms with Crippen molar-refractivity contribution < 1.29 is 45.4 Å². The second-order valence-corrected chi connectivity index (χ2v) is 9.30. The highest BCUT2D eigenvalue weighted by molar-refractivity contribution is 5.90. The minimum absolute atomic E-state index is 0.00462. The number of carbonyl (C=O) groups is 2. The van der Waals surface area contributed by atoms with E-state index < -0.39 is 52.0 Å². The lowest BCUT2D eigenvalue weighted by Gasteiger charge is -2.38. The summed E-state index contributed by atoms with van der Waals surface area (Å²) in [7, 11) is 0. The summed E-state index contributed by atoms with van der Waals surface area (Å²) >= 11 is 0. The molecule has 4 nitrogen and oxygen atoms in total. The molecule has 0 N–H and O–H groups in total. The van der Waals surface area contributed by atoms with Crippen molar-refractivity contribution in [3.05, 3.63) is 70.8 Å². The molecule has 0 spiro atoms. The molecular weight excluding hydrogens is 526 g/mol. The lowest BCUT2D eigenvalue weighted by atomic mass is 9.72. The Balaban J connectivity index is 2.49. The molecule has 0 aliphatic carbocycles. The maximum atomic E-state index is 14.6. The number of halogens is 6. The Bertz CT molecular complexity index is 992. The summed E-state index contributed by atoms with van der Waals surface area (Å²) in [6, 6.07) is 6.52. The molecule has 2 rings (SSSR count). The van der Waals surface area contributed by atoms with Gasteiger partial charge < -0.3 is 9.47 Å². The van der Waals surface area contributed by atoms with Gasteiger partial charge in [0, 0.05) is 0 Å². The van der Waals surface area contributed by atoms with Gasteiger partial charge in [-0.05, 0) is 48.2 Å². The van der Waals surface area contributed by atoms with Crippen LogP contribution < -0.4 is 0 Å². The largest absolute Gasteiger partial charge is 0.462 e. The summed E-state index contributed by atoms with van der Waals surface area (Å²) in [5.74, 6) is -2.04. The van der Waals surface area contributed by atoms with E-state index in [1.165, 1.54) is 0 Å². The molecule has 0 atom stereocenters. The van der Waals surface area contributed by atoms with Crippen LogP contribution in [0.5, 0.6) is 0 Å². The zero-order valence-corrected chi connectivity index (χ0v) is 22.1. The van der Waals surface area contributed by atoms with E-state index in [-0.39, 0.29) is 13.2 Å². The van der Waals surface area contributed by atoms with Crippen molar-refractivity contribution in [2.75, 3.05) is 13.2 Å². The highest BCUT2D eigenvalue weighted by Crippen LogP contribution is 2.56. The zero-order valence-electron chi connectivity index (χ0n) is 22.1. The monoisotopic (exact) mass is 560 g/mol. The minimum atomic E-state index is -5.88. The van der Waals surface area contributed by atoms with Crippen LogP contribution in [0.1, 0.15) is 97.1 Å². The average molecular weight is 561 g/mol. The van der Waals surface area contributed by atoms with Crippen LogP contribution in [0.15, 0.2) is 48.5 Å². The molecule has 0 fully saturated rings. The Morgan fingerprint density at radius 1 is 0.615 bits per heavy atom. The molecule has 0 aliphatic heterocycles. The molecule has 0 amide bonds. The predicted molar refractivity (Wildman–Crippen MR) is 135 cm³/mol. The summed E-state index contributed by atoms with van der Waals surface area (Å²) in [5, 5.41) is 0. The third-order valence-electron chi connectivity index (χ3n) is 6.38. The van der Waals surface area contributed by atoms with Crippen molar-refractivity contribution in [3.8, 4) is 0 Å². The number of benzene rings is 2. The molecule has 0 radical (unpaired) electrons. The van der Waals surface area contributed by atoms with Gasteiger partial charge in [0.05, 0.1) is 24.3 Å². The van der Waals surface area contributed by atoms with Gasteiger partial charge in [-0.2, -0.15) is 26.3 Å². The number of carbonyl (C=O) groups excluding carboxylic acids is 2. The molecule has 0 heterocycles. The van der Waals surface area contributed by atoms with Crippen molar-refractivity contribution in [1.29, 1.82) is 0 Å². The van der Waals surface area contributed by atoms with Crippen LogP contribution >= 0.6 is 0 Å². The van der Waals surface area contributed by atoms with Crippen LogP contribution in [0.2, 0.25) is 0 Å². The molecule has 0 aromatic heterocycles. The maximum Gasteiger partial charge on any atom is 0.411 e. The number of unbranched alkanes of at least 4 members (excludes halogenated alkanes) is 6. The normalized spacial score (nSPS) is 12.3. The quantitative estimate of drug-likeness (QED) is 0.132. The summed E-state index contributed by atoms with van der Waals surface area (Å²) < 4.78 is 97.7. The lowest BCUT2D eigenvalue weighted by Crippen LogP contribution is -2.54.